The van der Waals surface area contributed by atoms with E-state index in [0.29, 0.717) is 12.0 Å². The van der Waals surface area contributed by atoms with Gasteiger partial charge in [0.05, 0.1) is 5.02 Å². The summed E-state index contributed by atoms with van der Waals surface area (Å²) >= 11 is 7.27. The van der Waals surface area contributed by atoms with E-state index in [9.17, 15) is 8.78 Å². The van der Waals surface area contributed by atoms with Crippen LogP contribution >= 0.6 is 22.9 Å². The Labute approximate surface area is 130 Å². The maximum absolute atomic E-state index is 13.9. The van der Waals surface area contributed by atoms with Gasteiger partial charge in [-0.2, -0.15) is 0 Å². The number of halogens is 3. The molecule has 0 amide bonds. The molecule has 3 aromatic rings. The molecule has 0 aliphatic carbocycles. The first-order valence-corrected chi connectivity index (χ1v) is 7.61. The molecule has 1 unspecified atom stereocenters. The molecule has 3 rings (SSSR count). The van der Waals surface area contributed by atoms with Crippen molar-refractivity contribution in [2.45, 2.75) is 12.5 Å². The van der Waals surface area contributed by atoms with E-state index in [-0.39, 0.29) is 16.9 Å². The Morgan fingerprint density at radius 3 is 2.76 bits per heavy atom. The van der Waals surface area contributed by atoms with Crippen LogP contribution in [0, 0.1) is 11.6 Å². The predicted molar refractivity (Wildman–Crippen MR) is 83.8 cm³/mol. The third-order valence-electron chi connectivity index (χ3n) is 3.33. The van der Waals surface area contributed by atoms with E-state index in [1.54, 1.807) is 18.2 Å². The maximum Gasteiger partial charge on any atom is 0.145 e. The highest BCUT2D eigenvalue weighted by molar-refractivity contribution is 7.19. The fourth-order valence-electron chi connectivity index (χ4n) is 2.26. The first-order chi connectivity index (χ1) is 10.0. The van der Waals surface area contributed by atoms with Crippen molar-refractivity contribution in [3.8, 4) is 0 Å². The van der Waals surface area contributed by atoms with Gasteiger partial charge in [0.1, 0.15) is 11.6 Å². The van der Waals surface area contributed by atoms with Crippen molar-refractivity contribution in [3.05, 3.63) is 69.6 Å². The summed E-state index contributed by atoms with van der Waals surface area (Å²) in [4.78, 5) is 0.898. The minimum Gasteiger partial charge on any atom is -0.323 e. The largest absolute Gasteiger partial charge is 0.323 e. The van der Waals surface area contributed by atoms with Crippen LogP contribution < -0.4 is 5.73 Å². The van der Waals surface area contributed by atoms with Crippen molar-refractivity contribution in [1.82, 2.24) is 0 Å². The molecule has 21 heavy (non-hydrogen) atoms. The zero-order chi connectivity index (χ0) is 15.0. The highest BCUT2D eigenvalue weighted by atomic mass is 35.5. The predicted octanol–water partition coefficient (Wildman–Crippen LogP) is 5.08. The van der Waals surface area contributed by atoms with Crippen LogP contribution in [0.4, 0.5) is 8.78 Å². The number of benzene rings is 2. The van der Waals surface area contributed by atoms with Crippen LogP contribution in [0.25, 0.3) is 10.1 Å². The SMILES string of the molecule is NC(Cc1cccc(Cl)c1F)c1cc2cc(F)ccc2s1. The second-order valence-electron chi connectivity index (χ2n) is 4.85. The number of nitrogens with two attached hydrogens (primary N) is 1. The van der Waals surface area contributed by atoms with Gasteiger partial charge in [0.2, 0.25) is 0 Å². The number of hydrogen-bond donors (Lipinski definition) is 1. The lowest BCUT2D eigenvalue weighted by molar-refractivity contribution is 0.595. The van der Waals surface area contributed by atoms with Gasteiger partial charge in [0.15, 0.2) is 0 Å². The van der Waals surface area contributed by atoms with E-state index in [0.717, 1.165) is 15.0 Å². The molecule has 0 aliphatic heterocycles. The highest BCUT2D eigenvalue weighted by Crippen LogP contribution is 2.31. The standard InChI is InChI=1S/C16H12ClF2NS/c17-12-3-1-2-9(16(12)19)7-13(20)15-8-10-6-11(18)4-5-14(10)21-15/h1-6,8,13H,7,20H2. The average molecular weight is 324 g/mol. The summed E-state index contributed by atoms with van der Waals surface area (Å²) < 4.78 is 28.1. The first-order valence-electron chi connectivity index (χ1n) is 6.42. The van der Waals surface area contributed by atoms with Crippen LogP contribution in [-0.4, -0.2) is 0 Å². The van der Waals surface area contributed by atoms with Crippen LogP contribution in [0.5, 0.6) is 0 Å². The lowest BCUT2D eigenvalue weighted by Gasteiger charge is -2.10. The molecule has 2 N–H and O–H groups in total. The summed E-state index contributed by atoms with van der Waals surface area (Å²) in [6.07, 6.45) is 0.349. The maximum atomic E-state index is 13.9. The zero-order valence-electron chi connectivity index (χ0n) is 10.9. The molecule has 0 aliphatic rings. The molecule has 1 heterocycles. The second-order valence-corrected chi connectivity index (χ2v) is 6.38. The molecule has 0 bridgehead atoms. The van der Waals surface area contributed by atoms with Gasteiger partial charge in [0.25, 0.3) is 0 Å². The van der Waals surface area contributed by atoms with Crippen LogP contribution in [0.15, 0.2) is 42.5 Å². The van der Waals surface area contributed by atoms with Gasteiger partial charge in [-0.3, -0.25) is 0 Å². The van der Waals surface area contributed by atoms with Crippen LogP contribution in [-0.2, 0) is 6.42 Å². The Morgan fingerprint density at radius 2 is 1.95 bits per heavy atom. The van der Waals surface area contributed by atoms with E-state index in [2.05, 4.69) is 0 Å². The van der Waals surface area contributed by atoms with Crippen molar-refractivity contribution in [2.24, 2.45) is 5.73 Å². The van der Waals surface area contributed by atoms with Crippen LogP contribution in [0.2, 0.25) is 5.02 Å². The topological polar surface area (TPSA) is 26.0 Å². The molecular weight excluding hydrogens is 312 g/mol. The summed E-state index contributed by atoms with van der Waals surface area (Å²) in [5.74, 6) is -0.705. The van der Waals surface area contributed by atoms with Crippen molar-refractivity contribution < 1.29 is 8.78 Å². The second kappa shape index (κ2) is 5.72. The molecule has 1 atom stereocenters. The van der Waals surface area contributed by atoms with Crippen molar-refractivity contribution in [1.29, 1.82) is 0 Å². The minimum absolute atomic E-state index is 0.0955. The summed E-state index contributed by atoms with van der Waals surface area (Å²) in [6, 6.07) is 11.0. The van der Waals surface area contributed by atoms with Gasteiger partial charge in [-0.1, -0.05) is 23.7 Å². The van der Waals surface area contributed by atoms with Crippen LogP contribution in [0.1, 0.15) is 16.5 Å². The van der Waals surface area contributed by atoms with Gasteiger partial charge in [-0.05, 0) is 47.7 Å². The summed E-state index contributed by atoms with van der Waals surface area (Å²) in [7, 11) is 0. The Hall–Kier alpha value is -1.49. The fourth-order valence-corrected chi connectivity index (χ4v) is 3.50. The van der Waals surface area contributed by atoms with Gasteiger partial charge < -0.3 is 5.73 Å². The third-order valence-corrected chi connectivity index (χ3v) is 4.87. The average Bonchev–Trinajstić information content (AvgIpc) is 2.87. The number of rotatable bonds is 3. The molecule has 0 fully saturated rings. The van der Waals surface area contributed by atoms with Gasteiger partial charge in [0, 0.05) is 15.6 Å². The third kappa shape index (κ3) is 2.93. The van der Waals surface area contributed by atoms with Crippen molar-refractivity contribution in [3.63, 3.8) is 0 Å². The van der Waals surface area contributed by atoms with Gasteiger partial charge in [-0.15, -0.1) is 11.3 Å². The Balaban J connectivity index is 1.89. The molecule has 0 spiro atoms. The van der Waals surface area contributed by atoms with E-state index in [1.165, 1.54) is 29.5 Å². The minimum atomic E-state index is -0.429. The highest BCUT2D eigenvalue weighted by Gasteiger charge is 2.15. The molecule has 0 radical (unpaired) electrons. The molecule has 108 valence electrons. The number of hydrogen-bond acceptors (Lipinski definition) is 2. The molecular formula is C16H12ClF2NS. The van der Waals surface area contributed by atoms with E-state index in [4.69, 9.17) is 17.3 Å². The van der Waals surface area contributed by atoms with Crippen LogP contribution in [0.3, 0.4) is 0 Å². The van der Waals surface area contributed by atoms with E-state index in [1.807, 2.05) is 6.07 Å². The Morgan fingerprint density at radius 1 is 1.14 bits per heavy atom. The first kappa shape index (κ1) is 14.4. The quantitative estimate of drug-likeness (QED) is 0.715. The Bertz CT molecular complexity index is 800. The Kier molecular flexibility index (Phi) is 3.93. The lowest BCUT2D eigenvalue weighted by Crippen LogP contribution is -2.12. The van der Waals surface area contributed by atoms with Crippen molar-refractivity contribution >= 4 is 33.0 Å². The molecule has 0 saturated carbocycles. The molecule has 1 nitrogen and oxygen atoms in total. The van der Waals surface area contributed by atoms with E-state index < -0.39 is 5.82 Å². The normalized spacial score (nSPS) is 12.8. The zero-order valence-corrected chi connectivity index (χ0v) is 12.5. The fraction of sp³-hybridized carbons (Fsp3) is 0.125. The molecule has 0 saturated heterocycles. The van der Waals surface area contributed by atoms with Gasteiger partial charge in [-0.25, -0.2) is 8.78 Å². The smallest absolute Gasteiger partial charge is 0.145 e. The lowest BCUT2D eigenvalue weighted by atomic mass is 10.0. The monoisotopic (exact) mass is 323 g/mol. The molecule has 1 aromatic heterocycles. The number of thiophene rings is 1. The number of fused-ring (bicyclic) bond motifs is 1. The molecule has 2 aromatic carbocycles. The van der Waals surface area contributed by atoms with Gasteiger partial charge >= 0.3 is 0 Å². The summed E-state index contributed by atoms with van der Waals surface area (Å²) in [5.41, 5.74) is 6.64. The van der Waals surface area contributed by atoms with E-state index >= 15 is 0 Å². The summed E-state index contributed by atoms with van der Waals surface area (Å²) in [6.45, 7) is 0. The summed E-state index contributed by atoms with van der Waals surface area (Å²) in [5, 5.41) is 0.912. The molecule has 5 heteroatoms. The van der Waals surface area contributed by atoms with Crippen molar-refractivity contribution in [2.75, 3.05) is 0 Å².